The maximum absolute atomic E-state index is 12.8. The van der Waals surface area contributed by atoms with Crippen LogP contribution in [0.4, 0.5) is 11.5 Å². The fourth-order valence-corrected chi connectivity index (χ4v) is 4.66. The molecule has 4 heterocycles. The molecule has 0 spiro atoms. The number of piperazine rings is 1. The van der Waals surface area contributed by atoms with Gasteiger partial charge in [0.05, 0.1) is 6.20 Å². The standard InChI is InChI=1S/C32H28N6O/c1-23-4-2-3-5-29(23)36-30-20-24(14-15-34-30)6-12-28-21-35-31-13-11-27(22-38(28)31)25-7-9-26(10-8-25)32(39)37-18-16-33-17-19-37/h2-5,7-11,13-15,20-22,33H,16-19H2,1H3,(H,34,36). The third-order valence-corrected chi connectivity index (χ3v) is 6.88. The predicted molar refractivity (Wildman–Crippen MR) is 154 cm³/mol. The molecule has 0 saturated carbocycles. The van der Waals surface area contributed by atoms with E-state index in [0.29, 0.717) is 5.56 Å². The Balaban J connectivity index is 1.22. The minimum absolute atomic E-state index is 0.0824. The summed E-state index contributed by atoms with van der Waals surface area (Å²) < 4.78 is 2.00. The molecule has 7 heteroatoms. The number of pyridine rings is 2. The molecule has 1 aliphatic heterocycles. The van der Waals surface area contributed by atoms with Crippen molar-refractivity contribution < 1.29 is 4.79 Å². The molecule has 192 valence electrons. The topological polar surface area (TPSA) is 74.6 Å². The number of fused-ring (bicyclic) bond motifs is 1. The highest BCUT2D eigenvalue weighted by Gasteiger charge is 2.17. The van der Waals surface area contributed by atoms with Crippen LogP contribution in [-0.4, -0.2) is 51.4 Å². The number of para-hydroxylation sites is 1. The summed E-state index contributed by atoms with van der Waals surface area (Å²) in [4.78, 5) is 23.7. The van der Waals surface area contributed by atoms with Crippen molar-refractivity contribution in [2.45, 2.75) is 6.92 Å². The van der Waals surface area contributed by atoms with Gasteiger partial charge in [-0.3, -0.25) is 9.20 Å². The van der Waals surface area contributed by atoms with Crippen LogP contribution in [0.15, 0.2) is 91.4 Å². The Kier molecular flexibility index (Phi) is 6.77. The van der Waals surface area contributed by atoms with Crippen LogP contribution < -0.4 is 10.6 Å². The lowest BCUT2D eigenvalue weighted by molar-refractivity contribution is 0.0736. The first kappa shape index (κ1) is 24.4. The molecule has 0 unspecified atom stereocenters. The van der Waals surface area contributed by atoms with E-state index < -0.39 is 0 Å². The summed E-state index contributed by atoms with van der Waals surface area (Å²) in [5, 5.41) is 6.65. The first-order valence-corrected chi connectivity index (χ1v) is 13.0. The Morgan fingerprint density at radius 1 is 0.923 bits per heavy atom. The summed E-state index contributed by atoms with van der Waals surface area (Å²) >= 11 is 0. The van der Waals surface area contributed by atoms with Crippen molar-refractivity contribution in [2.24, 2.45) is 0 Å². The number of hydrogen-bond acceptors (Lipinski definition) is 5. The highest BCUT2D eigenvalue weighted by atomic mass is 16.2. The lowest BCUT2D eigenvalue weighted by Gasteiger charge is -2.27. The molecule has 3 aromatic heterocycles. The minimum Gasteiger partial charge on any atom is -0.340 e. The van der Waals surface area contributed by atoms with Crippen LogP contribution in [-0.2, 0) is 0 Å². The van der Waals surface area contributed by atoms with Crippen molar-refractivity contribution >= 4 is 23.1 Å². The third kappa shape index (κ3) is 5.37. The second-order valence-electron chi connectivity index (χ2n) is 9.53. The van der Waals surface area contributed by atoms with E-state index in [9.17, 15) is 4.79 Å². The van der Waals surface area contributed by atoms with E-state index in [1.165, 1.54) is 0 Å². The molecule has 7 nitrogen and oxygen atoms in total. The van der Waals surface area contributed by atoms with Crippen LogP contribution in [0.2, 0.25) is 0 Å². The Morgan fingerprint density at radius 3 is 2.54 bits per heavy atom. The third-order valence-electron chi connectivity index (χ3n) is 6.88. The van der Waals surface area contributed by atoms with Crippen LogP contribution in [0.25, 0.3) is 16.8 Å². The van der Waals surface area contributed by atoms with E-state index in [1.54, 1.807) is 12.4 Å². The van der Waals surface area contributed by atoms with Gasteiger partial charge in [0, 0.05) is 55.4 Å². The van der Waals surface area contributed by atoms with Gasteiger partial charge in [0.2, 0.25) is 0 Å². The normalized spacial score (nSPS) is 13.1. The van der Waals surface area contributed by atoms with Gasteiger partial charge < -0.3 is 15.5 Å². The number of imidazole rings is 1. The molecule has 6 rings (SSSR count). The maximum atomic E-state index is 12.8. The van der Waals surface area contributed by atoms with Gasteiger partial charge >= 0.3 is 0 Å². The number of nitrogens with one attached hydrogen (secondary N) is 2. The van der Waals surface area contributed by atoms with E-state index in [0.717, 1.165) is 71.3 Å². The highest BCUT2D eigenvalue weighted by Crippen LogP contribution is 2.22. The molecule has 0 atom stereocenters. The number of aryl methyl sites for hydroxylation is 1. The summed E-state index contributed by atoms with van der Waals surface area (Å²) in [5.74, 6) is 7.35. The zero-order chi connectivity index (χ0) is 26.6. The zero-order valence-corrected chi connectivity index (χ0v) is 21.7. The summed E-state index contributed by atoms with van der Waals surface area (Å²) in [6, 6.07) is 23.8. The largest absolute Gasteiger partial charge is 0.340 e. The van der Waals surface area contributed by atoms with Gasteiger partial charge in [-0.25, -0.2) is 9.97 Å². The number of hydrogen-bond donors (Lipinski definition) is 2. The molecular formula is C32H28N6O. The summed E-state index contributed by atoms with van der Waals surface area (Å²) in [5.41, 5.74) is 7.42. The van der Waals surface area contributed by atoms with Crippen LogP contribution in [0, 0.1) is 18.8 Å². The van der Waals surface area contributed by atoms with Crippen molar-refractivity contribution in [3.05, 3.63) is 114 Å². The van der Waals surface area contributed by atoms with Gasteiger partial charge in [-0.15, -0.1) is 0 Å². The van der Waals surface area contributed by atoms with Gasteiger partial charge in [0.1, 0.15) is 17.2 Å². The molecule has 5 aromatic rings. The van der Waals surface area contributed by atoms with E-state index in [2.05, 4.69) is 45.4 Å². The number of benzene rings is 2. The number of amides is 1. The van der Waals surface area contributed by atoms with Crippen molar-refractivity contribution in [1.29, 1.82) is 0 Å². The van der Waals surface area contributed by atoms with Gasteiger partial charge in [0.15, 0.2) is 0 Å². The average Bonchev–Trinajstić information content (AvgIpc) is 3.40. The molecule has 0 aliphatic carbocycles. The number of nitrogens with zero attached hydrogens (tertiary/aromatic N) is 4. The summed E-state index contributed by atoms with van der Waals surface area (Å²) in [6.07, 6.45) is 5.58. The molecular weight excluding hydrogens is 484 g/mol. The number of anilines is 2. The second-order valence-corrected chi connectivity index (χ2v) is 9.53. The Labute approximate surface area is 227 Å². The molecule has 1 aliphatic rings. The molecule has 1 amide bonds. The fraction of sp³-hybridized carbons (Fsp3) is 0.156. The van der Waals surface area contributed by atoms with Gasteiger partial charge in [-0.2, -0.15) is 0 Å². The van der Waals surface area contributed by atoms with E-state index in [1.807, 2.05) is 82.2 Å². The average molecular weight is 513 g/mol. The molecule has 1 saturated heterocycles. The Morgan fingerprint density at radius 2 is 1.72 bits per heavy atom. The second kappa shape index (κ2) is 10.8. The van der Waals surface area contributed by atoms with Crippen LogP contribution >= 0.6 is 0 Å². The summed E-state index contributed by atoms with van der Waals surface area (Å²) in [6.45, 7) is 5.23. The molecule has 39 heavy (non-hydrogen) atoms. The number of rotatable bonds is 4. The predicted octanol–water partition coefficient (Wildman–Crippen LogP) is 4.89. The maximum Gasteiger partial charge on any atom is 0.253 e. The van der Waals surface area contributed by atoms with Crippen molar-refractivity contribution in [2.75, 3.05) is 31.5 Å². The monoisotopic (exact) mass is 512 g/mol. The first-order valence-electron chi connectivity index (χ1n) is 13.0. The molecule has 2 N–H and O–H groups in total. The Bertz CT molecular complexity index is 1700. The SMILES string of the molecule is Cc1ccccc1Nc1cc(C#Cc2cnc3ccc(-c4ccc(C(=O)N5CCNCC5)cc4)cn23)ccn1. The van der Waals surface area contributed by atoms with E-state index >= 15 is 0 Å². The number of carbonyl (C=O) groups excluding carboxylic acids is 1. The van der Waals surface area contributed by atoms with E-state index in [4.69, 9.17) is 0 Å². The van der Waals surface area contributed by atoms with Crippen molar-refractivity contribution in [3.8, 4) is 23.0 Å². The van der Waals surface area contributed by atoms with Crippen molar-refractivity contribution in [1.82, 2.24) is 24.6 Å². The summed E-state index contributed by atoms with van der Waals surface area (Å²) in [7, 11) is 0. The fourth-order valence-electron chi connectivity index (χ4n) is 4.66. The molecule has 0 bridgehead atoms. The highest BCUT2D eigenvalue weighted by molar-refractivity contribution is 5.94. The van der Waals surface area contributed by atoms with Crippen LogP contribution in [0.1, 0.15) is 27.2 Å². The lowest BCUT2D eigenvalue weighted by Crippen LogP contribution is -2.46. The van der Waals surface area contributed by atoms with Gasteiger partial charge in [0.25, 0.3) is 5.91 Å². The number of carbonyl (C=O) groups is 1. The molecule has 1 fully saturated rings. The quantitative estimate of drug-likeness (QED) is 0.335. The van der Waals surface area contributed by atoms with Crippen LogP contribution in [0.3, 0.4) is 0 Å². The smallest absolute Gasteiger partial charge is 0.253 e. The lowest BCUT2D eigenvalue weighted by atomic mass is 10.0. The van der Waals surface area contributed by atoms with E-state index in [-0.39, 0.29) is 5.91 Å². The van der Waals surface area contributed by atoms with Gasteiger partial charge in [-0.1, -0.05) is 36.3 Å². The van der Waals surface area contributed by atoms with Gasteiger partial charge in [-0.05, 0) is 72.0 Å². The molecule has 2 aromatic carbocycles. The van der Waals surface area contributed by atoms with Crippen molar-refractivity contribution in [3.63, 3.8) is 0 Å². The molecule has 0 radical (unpaired) electrons. The zero-order valence-electron chi connectivity index (χ0n) is 21.7. The number of aromatic nitrogens is 3. The van der Waals surface area contributed by atoms with Crippen LogP contribution in [0.5, 0.6) is 0 Å². The first-order chi connectivity index (χ1) is 19.1. The Hall–Kier alpha value is -4.93. The minimum atomic E-state index is 0.0824.